The summed E-state index contributed by atoms with van der Waals surface area (Å²) in [5.74, 6) is 0.389. The minimum atomic E-state index is -0.306. The highest BCUT2D eigenvalue weighted by Crippen LogP contribution is 2.27. The summed E-state index contributed by atoms with van der Waals surface area (Å²) in [6, 6.07) is 10.9. The van der Waals surface area contributed by atoms with Crippen LogP contribution in [0.25, 0.3) is 22.3 Å². The van der Waals surface area contributed by atoms with Gasteiger partial charge in [-0.05, 0) is 37.1 Å². The maximum atomic E-state index is 14.2. The molecule has 100 valence electrons. The van der Waals surface area contributed by atoms with Crippen molar-refractivity contribution in [1.82, 2.24) is 9.97 Å². The summed E-state index contributed by atoms with van der Waals surface area (Å²) in [6.07, 6.45) is 0. The van der Waals surface area contributed by atoms with Crippen LogP contribution in [0.1, 0.15) is 11.1 Å². The molecule has 0 aliphatic rings. The molecule has 0 fully saturated rings. The third kappa shape index (κ3) is 1.90. The molecule has 0 radical (unpaired) electrons. The largest absolute Gasteiger partial charge is 0.383 e. The number of nitrogens with two attached hydrogens (primary N) is 1. The highest BCUT2D eigenvalue weighted by atomic mass is 19.1. The van der Waals surface area contributed by atoms with Crippen LogP contribution in [-0.2, 0) is 0 Å². The number of nitrogens with zero attached hydrogens (tertiary/aromatic N) is 2. The molecule has 0 bridgehead atoms. The quantitative estimate of drug-likeness (QED) is 0.732. The number of hydrogen-bond donors (Lipinski definition) is 1. The summed E-state index contributed by atoms with van der Waals surface area (Å²) in [7, 11) is 0. The topological polar surface area (TPSA) is 51.8 Å². The molecule has 0 aliphatic carbocycles. The van der Waals surface area contributed by atoms with Gasteiger partial charge in [0.2, 0.25) is 0 Å². The number of hydrogen-bond acceptors (Lipinski definition) is 3. The van der Waals surface area contributed by atoms with E-state index < -0.39 is 0 Å². The number of halogens is 1. The molecule has 3 rings (SSSR count). The van der Waals surface area contributed by atoms with Crippen LogP contribution in [0.5, 0.6) is 0 Å². The van der Waals surface area contributed by atoms with Crippen LogP contribution >= 0.6 is 0 Å². The third-order valence-electron chi connectivity index (χ3n) is 3.39. The lowest BCUT2D eigenvalue weighted by molar-refractivity contribution is 0.621. The Morgan fingerprint density at radius 2 is 1.65 bits per heavy atom. The average molecular weight is 267 g/mol. The highest BCUT2D eigenvalue weighted by molar-refractivity contribution is 5.91. The molecule has 0 aliphatic heterocycles. The van der Waals surface area contributed by atoms with Gasteiger partial charge in [0.15, 0.2) is 5.82 Å². The number of anilines is 1. The lowest BCUT2D eigenvalue weighted by atomic mass is 10.1. The predicted molar refractivity (Wildman–Crippen MR) is 78.8 cm³/mol. The summed E-state index contributed by atoms with van der Waals surface area (Å²) in [5.41, 5.74) is 8.67. The number of benzene rings is 2. The van der Waals surface area contributed by atoms with Crippen molar-refractivity contribution in [2.75, 3.05) is 5.73 Å². The van der Waals surface area contributed by atoms with E-state index in [0.29, 0.717) is 22.8 Å². The van der Waals surface area contributed by atoms with Gasteiger partial charge in [-0.1, -0.05) is 24.3 Å². The van der Waals surface area contributed by atoms with Crippen molar-refractivity contribution < 1.29 is 4.39 Å². The maximum Gasteiger partial charge on any atom is 0.165 e. The second-order valence-electron chi connectivity index (χ2n) is 4.84. The Balaban J connectivity index is 2.33. The lowest BCUT2D eigenvalue weighted by Gasteiger charge is -2.09. The summed E-state index contributed by atoms with van der Waals surface area (Å²) in [4.78, 5) is 8.72. The van der Waals surface area contributed by atoms with Crippen LogP contribution in [0.2, 0.25) is 0 Å². The summed E-state index contributed by atoms with van der Waals surface area (Å²) in [5, 5.41) is 0.793. The Kier molecular flexibility index (Phi) is 2.86. The fraction of sp³-hybridized carbons (Fsp3) is 0.125. The Morgan fingerprint density at radius 3 is 2.45 bits per heavy atom. The SMILES string of the molecule is Cc1cccc(-c2nc(N)c3cccc(C)c3n2)c1F. The zero-order valence-corrected chi connectivity index (χ0v) is 11.3. The Bertz CT molecular complexity index is 812. The second kappa shape index (κ2) is 4.56. The lowest BCUT2D eigenvalue weighted by Crippen LogP contribution is -2.00. The van der Waals surface area contributed by atoms with Gasteiger partial charge in [0.1, 0.15) is 11.6 Å². The van der Waals surface area contributed by atoms with Crippen LogP contribution in [0.4, 0.5) is 10.2 Å². The highest BCUT2D eigenvalue weighted by Gasteiger charge is 2.13. The summed E-state index contributed by atoms with van der Waals surface area (Å²) < 4.78 is 14.2. The monoisotopic (exact) mass is 267 g/mol. The zero-order valence-electron chi connectivity index (χ0n) is 11.3. The van der Waals surface area contributed by atoms with Crippen LogP contribution in [0.15, 0.2) is 36.4 Å². The molecule has 0 spiro atoms. The van der Waals surface area contributed by atoms with E-state index in [1.165, 1.54) is 0 Å². The Labute approximate surface area is 116 Å². The van der Waals surface area contributed by atoms with Gasteiger partial charge in [-0.3, -0.25) is 0 Å². The van der Waals surface area contributed by atoms with E-state index >= 15 is 0 Å². The van der Waals surface area contributed by atoms with Crippen LogP contribution in [0.3, 0.4) is 0 Å². The van der Waals surface area contributed by atoms with E-state index in [0.717, 1.165) is 16.5 Å². The molecule has 3 nitrogen and oxygen atoms in total. The molecule has 0 amide bonds. The van der Waals surface area contributed by atoms with Crippen molar-refractivity contribution in [2.24, 2.45) is 0 Å². The molecule has 2 N–H and O–H groups in total. The van der Waals surface area contributed by atoms with E-state index in [1.54, 1.807) is 25.1 Å². The number of para-hydroxylation sites is 1. The van der Waals surface area contributed by atoms with Gasteiger partial charge in [-0.2, -0.15) is 0 Å². The standard InChI is InChI=1S/C16H14FN3/c1-9-5-3-7-11(13(9)17)16-19-14-10(2)6-4-8-12(14)15(18)20-16/h3-8H,1-2H3,(H2,18,19,20). The molecule has 3 aromatic rings. The fourth-order valence-corrected chi connectivity index (χ4v) is 2.26. The zero-order chi connectivity index (χ0) is 14.3. The average Bonchev–Trinajstić information content (AvgIpc) is 2.43. The van der Waals surface area contributed by atoms with Crippen LogP contribution < -0.4 is 5.73 Å². The van der Waals surface area contributed by atoms with Gasteiger partial charge in [0, 0.05) is 5.39 Å². The van der Waals surface area contributed by atoms with E-state index in [2.05, 4.69) is 9.97 Å². The van der Waals surface area contributed by atoms with Gasteiger partial charge in [-0.15, -0.1) is 0 Å². The first-order valence-corrected chi connectivity index (χ1v) is 6.36. The molecule has 1 heterocycles. The summed E-state index contributed by atoms with van der Waals surface area (Å²) >= 11 is 0. The molecule has 1 aromatic heterocycles. The number of fused-ring (bicyclic) bond motifs is 1. The molecule has 20 heavy (non-hydrogen) atoms. The molecular weight excluding hydrogens is 253 g/mol. The van der Waals surface area contributed by atoms with E-state index in [4.69, 9.17) is 5.73 Å². The van der Waals surface area contributed by atoms with Gasteiger partial charge in [0.25, 0.3) is 0 Å². The predicted octanol–water partition coefficient (Wildman–Crippen LogP) is 3.63. The molecule has 0 saturated heterocycles. The number of rotatable bonds is 1. The Hall–Kier alpha value is -2.49. The fourth-order valence-electron chi connectivity index (χ4n) is 2.26. The molecule has 4 heteroatoms. The van der Waals surface area contributed by atoms with Crippen molar-refractivity contribution in [1.29, 1.82) is 0 Å². The number of aryl methyl sites for hydroxylation is 2. The van der Waals surface area contributed by atoms with Crippen LogP contribution in [0, 0.1) is 19.7 Å². The van der Waals surface area contributed by atoms with Crippen molar-refractivity contribution in [2.45, 2.75) is 13.8 Å². The number of aromatic nitrogens is 2. The minimum absolute atomic E-state index is 0.306. The first-order valence-electron chi connectivity index (χ1n) is 6.36. The van der Waals surface area contributed by atoms with Crippen molar-refractivity contribution in [3.05, 3.63) is 53.3 Å². The van der Waals surface area contributed by atoms with Crippen LogP contribution in [-0.4, -0.2) is 9.97 Å². The third-order valence-corrected chi connectivity index (χ3v) is 3.39. The van der Waals surface area contributed by atoms with Gasteiger partial charge < -0.3 is 5.73 Å². The summed E-state index contributed by atoms with van der Waals surface area (Å²) in [6.45, 7) is 3.67. The van der Waals surface area contributed by atoms with E-state index in [9.17, 15) is 4.39 Å². The van der Waals surface area contributed by atoms with E-state index in [1.807, 2.05) is 25.1 Å². The number of nitrogen functional groups attached to an aromatic ring is 1. The van der Waals surface area contributed by atoms with Crippen molar-refractivity contribution in [3.8, 4) is 11.4 Å². The molecular formula is C16H14FN3. The second-order valence-corrected chi connectivity index (χ2v) is 4.84. The molecule has 0 atom stereocenters. The molecule has 0 unspecified atom stereocenters. The molecule has 0 saturated carbocycles. The smallest absolute Gasteiger partial charge is 0.165 e. The first kappa shape index (κ1) is 12.5. The molecule has 2 aromatic carbocycles. The van der Waals surface area contributed by atoms with Crippen molar-refractivity contribution in [3.63, 3.8) is 0 Å². The van der Waals surface area contributed by atoms with Crippen molar-refractivity contribution >= 4 is 16.7 Å². The normalized spacial score (nSPS) is 10.9. The van der Waals surface area contributed by atoms with Gasteiger partial charge >= 0.3 is 0 Å². The first-order chi connectivity index (χ1) is 9.58. The maximum absolute atomic E-state index is 14.2. The Morgan fingerprint density at radius 1 is 0.950 bits per heavy atom. The van der Waals surface area contributed by atoms with E-state index in [-0.39, 0.29) is 5.82 Å². The minimum Gasteiger partial charge on any atom is -0.383 e. The van der Waals surface area contributed by atoms with Gasteiger partial charge in [-0.25, -0.2) is 14.4 Å². The van der Waals surface area contributed by atoms with Gasteiger partial charge in [0.05, 0.1) is 11.1 Å².